The summed E-state index contributed by atoms with van der Waals surface area (Å²) in [6.07, 6.45) is 7.08. The molecule has 0 saturated heterocycles. The van der Waals surface area contributed by atoms with Crippen LogP contribution in [0.25, 0.3) is 0 Å². The maximum Gasteiger partial charge on any atom is 0.354 e. The average molecular weight is 800 g/mol. The van der Waals surface area contributed by atoms with E-state index in [2.05, 4.69) is 96.0 Å². The van der Waals surface area contributed by atoms with Crippen LogP contribution in [0.1, 0.15) is 149 Å². The monoisotopic (exact) mass is 798 g/mol. The van der Waals surface area contributed by atoms with Crippen LogP contribution in [0.4, 0.5) is 0 Å². The van der Waals surface area contributed by atoms with E-state index in [1.54, 1.807) is 11.3 Å². The number of thiazole rings is 2. The van der Waals surface area contributed by atoms with Crippen molar-refractivity contribution in [3.63, 3.8) is 0 Å². The zero-order valence-corrected chi connectivity index (χ0v) is 33.4. The molecule has 0 radical (unpaired) electrons. The molecule has 0 aliphatic heterocycles. The summed E-state index contributed by atoms with van der Waals surface area (Å²) in [6, 6.07) is 5.43. The summed E-state index contributed by atoms with van der Waals surface area (Å²) < 4.78 is 5.44. The molecule has 11 nitrogen and oxygen atoms in total. The number of carbonyl (C=O) groups excluding carboxylic acids is 2. The van der Waals surface area contributed by atoms with Gasteiger partial charge in [0.15, 0.2) is 8.92 Å². The quantitative estimate of drug-likeness (QED) is 0.146. The molecule has 4 aromatic rings. The third-order valence-corrected chi connectivity index (χ3v) is 12.6. The molecule has 2 aliphatic carbocycles. The van der Waals surface area contributed by atoms with Gasteiger partial charge in [-0.15, -0.1) is 22.7 Å². The van der Waals surface area contributed by atoms with Crippen molar-refractivity contribution in [1.29, 1.82) is 0 Å². The molecule has 4 aromatic heterocycles. The number of carboxylic acid groups (broad SMARTS) is 2. The molecule has 0 atom stereocenters. The topological polar surface area (TPSA) is 170 Å². The van der Waals surface area contributed by atoms with Crippen molar-refractivity contribution in [2.75, 3.05) is 7.11 Å². The number of pyridine rings is 2. The highest BCUT2D eigenvalue weighted by Gasteiger charge is 2.42. The second-order valence-corrected chi connectivity index (χ2v) is 18.4. The number of aromatic carboxylic acids is 2. The molecule has 0 unspecified atom stereocenters. The number of ketones is 1. The van der Waals surface area contributed by atoms with Gasteiger partial charge in [0.25, 0.3) is 0 Å². The summed E-state index contributed by atoms with van der Waals surface area (Å²) in [5, 5.41) is 17.8. The lowest BCUT2D eigenvalue weighted by atomic mass is 9.69. The number of aromatic nitrogens is 4. The normalized spacial score (nSPS) is 17.2. The summed E-state index contributed by atoms with van der Waals surface area (Å²) in [6.45, 7) is 18.0. The fraction of sp³-hybridized carbons (Fsp3) is 0.459. The number of esters is 1. The first-order valence-electron chi connectivity index (χ1n) is 16.3. The fourth-order valence-corrected chi connectivity index (χ4v) is 8.90. The minimum atomic E-state index is -1.13. The van der Waals surface area contributed by atoms with Gasteiger partial charge in [0.1, 0.15) is 11.4 Å². The van der Waals surface area contributed by atoms with Gasteiger partial charge in [-0.1, -0.05) is 55.4 Å². The lowest BCUT2D eigenvalue weighted by molar-refractivity contribution is 0.0596. The Morgan fingerprint density at radius 2 is 1.10 bits per heavy atom. The van der Waals surface area contributed by atoms with E-state index in [1.165, 1.54) is 77.2 Å². The number of carbonyl (C=O) groups is 4. The molecule has 0 aromatic carbocycles. The first-order chi connectivity index (χ1) is 23.6. The number of hydrogen-bond donors (Lipinski definition) is 2. The molecule has 0 amide bonds. The lowest BCUT2D eigenvalue weighted by Crippen LogP contribution is -2.32. The number of ether oxygens (including phenoxy) is 1. The molecule has 2 aliphatic rings. The number of fused-ring (bicyclic) bond motifs is 2. The lowest BCUT2D eigenvalue weighted by Gasteiger charge is -2.37. The number of methoxy groups -OCH3 is 1. The zero-order valence-electron chi connectivity index (χ0n) is 30.2. The van der Waals surface area contributed by atoms with E-state index >= 15 is 0 Å². The maximum absolute atomic E-state index is 12.7. The van der Waals surface area contributed by atoms with E-state index < -0.39 is 17.9 Å². The zero-order chi connectivity index (χ0) is 38.1. The highest BCUT2D eigenvalue weighted by molar-refractivity contribution is 9.11. The van der Waals surface area contributed by atoms with Crippen LogP contribution in [0.3, 0.4) is 0 Å². The minimum Gasteiger partial charge on any atom is -0.477 e. The Morgan fingerprint density at radius 3 is 1.49 bits per heavy atom. The van der Waals surface area contributed by atoms with Crippen molar-refractivity contribution in [3.05, 3.63) is 89.2 Å². The molecule has 4 heterocycles. The summed E-state index contributed by atoms with van der Waals surface area (Å²) in [5.41, 5.74) is 3.29. The molecular formula is C37H43BrN4O7S2. The van der Waals surface area contributed by atoms with Crippen LogP contribution in [0.2, 0.25) is 0 Å². The third kappa shape index (κ3) is 8.96. The van der Waals surface area contributed by atoms with Gasteiger partial charge in [0.05, 0.1) is 24.1 Å². The van der Waals surface area contributed by atoms with Gasteiger partial charge in [0.2, 0.25) is 5.78 Å². The van der Waals surface area contributed by atoms with Crippen LogP contribution in [0, 0.1) is 0 Å². The second-order valence-electron chi connectivity index (χ2n) is 15.2. The van der Waals surface area contributed by atoms with E-state index in [9.17, 15) is 19.2 Å². The number of hydrogen-bond acceptors (Lipinski definition) is 11. The van der Waals surface area contributed by atoms with Gasteiger partial charge in [-0.3, -0.25) is 4.79 Å². The van der Waals surface area contributed by atoms with Crippen molar-refractivity contribution >= 4 is 62.3 Å². The van der Waals surface area contributed by atoms with E-state index in [0.29, 0.717) is 16.0 Å². The van der Waals surface area contributed by atoms with Gasteiger partial charge < -0.3 is 14.9 Å². The van der Waals surface area contributed by atoms with Gasteiger partial charge in [-0.2, -0.15) is 0 Å². The van der Waals surface area contributed by atoms with Gasteiger partial charge in [0, 0.05) is 49.4 Å². The highest BCUT2D eigenvalue weighted by atomic mass is 79.9. The number of nitrogens with zero attached hydrogens (tertiary/aromatic N) is 4. The van der Waals surface area contributed by atoms with E-state index in [-0.39, 0.29) is 39.0 Å². The average Bonchev–Trinajstić information content (AvgIpc) is 3.73. The van der Waals surface area contributed by atoms with Gasteiger partial charge in [-0.05, 0) is 65.9 Å². The van der Waals surface area contributed by atoms with Crippen molar-refractivity contribution in [3.8, 4) is 0 Å². The molecule has 51 heavy (non-hydrogen) atoms. The first-order valence-corrected chi connectivity index (χ1v) is 18.7. The molecule has 0 fully saturated rings. The van der Waals surface area contributed by atoms with Crippen LogP contribution >= 0.6 is 38.6 Å². The van der Waals surface area contributed by atoms with Crippen LogP contribution in [0.15, 0.2) is 40.6 Å². The predicted molar refractivity (Wildman–Crippen MR) is 200 cm³/mol. The Hall–Kier alpha value is -3.88. The van der Waals surface area contributed by atoms with Gasteiger partial charge in [-0.25, -0.2) is 34.3 Å². The molecule has 0 saturated carbocycles. The number of rotatable bonds is 5. The van der Waals surface area contributed by atoms with E-state index in [4.69, 9.17) is 10.2 Å². The standard InChI is InChI=1S/C18H20N2O3S.C11H16BrNS.C8H7NO4/c1-17(2)7-8-18(3,4)14-13(17)20-15(24-14)12(21)10-5-6-11(16(22)23)19-9-10;1-10(2)5-6-11(3,4)8-7(10)13-9(12)14-8;1-13-8(12)5-2-3-6(7(10)11)9-4-5/h5-6,9H,7-8H2,1-4H3,(H,22,23);5-6H2,1-4H3;2-4H,1H3,(H,10,11). The Kier molecular flexibility index (Phi) is 11.7. The Morgan fingerprint density at radius 1 is 0.667 bits per heavy atom. The van der Waals surface area contributed by atoms with Crippen molar-refractivity contribution in [1.82, 2.24) is 19.9 Å². The second kappa shape index (κ2) is 15.0. The molecule has 0 bridgehead atoms. The smallest absolute Gasteiger partial charge is 0.354 e. The largest absolute Gasteiger partial charge is 0.477 e. The number of halogens is 1. The molecular weight excluding hydrogens is 756 g/mol. The SMILES string of the molecule is CC1(C)CCC(C)(C)c2sc(Br)nc21.CC1(C)CCC(C)(C)c2sc(C(=O)c3ccc(C(=O)O)nc3)nc21.COC(=O)c1ccc(C(=O)O)nc1. The van der Waals surface area contributed by atoms with E-state index in [0.717, 1.165) is 28.6 Å². The van der Waals surface area contributed by atoms with Crippen LogP contribution in [-0.4, -0.2) is 60.9 Å². The maximum atomic E-state index is 12.7. The summed E-state index contributed by atoms with van der Waals surface area (Å²) in [7, 11) is 1.24. The third-order valence-electron chi connectivity index (χ3n) is 9.33. The molecule has 2 N–H and O–H groups in total. The number of carboxylic acids is 2. The summed E-state index contributed by atoms with van der Waals surface area (Å²) in [4.78, 5) is 64.2. The molecule has 6 rings (SSSR count). The Bertz CT molecular complexity index is 1880. The highest BCUT2D eigenvalue weighted by Crippen LogP contribution is 2.49. The minimum absolute atomic E-state index is 0.0203. The fourth-order valence-electron chi connectivity index (χ4n) is 5.80. The van der Waals surface area contributed by atoms with Crippen LogP contribution in [0.5, 0.6) is 0 Å². The van der Waals surface area contributed by atoms with Crippen molar-refractivity contribution in [2.24, 2.45) is 0 Å². The van der Waals surface area contributed by atoms with Gasteiger partial charge >= 0.3 is 17.9 Å². The summed E-state index contributed by atoms with van der Waals surface area (Å²) in [5.74, 6) is -2.98. The van der Waals surface area contributed by atoms with Crippen molar-refractivity contribution in [2.45, 2.75) is 103 Å². The molecule has 0 spiro atoms. The molecule has 272 valence electrons. The van der Waals surface area contributed by atoms with E-state index in [1.807, 2.05) is 0 Å². The molecule has 14 heteroatoms. The Balaban J connectivity index is 0.000000185. The van der Waals surface area contributed by atoms with Crippen LogP contribution in [-0.2, 0) is 26.4 Å². The van der Waals surface area contributed by atoms with Crippen molar-refractivity contribution < 1.29 is 34.1 Å². The van der Waals surface area contributed by atoms with Crippen LogP contribution < -0.4 is 0 Å². The summed E-state index contributed by atoms with van der Waals surface area (Å²) >= 11 is 6.76. The predicted octanol–water partition coefficient (Wildman–Crippen LogP) is 8.64. The Labute approximate surface area is 314 Å². The first kappa shape index (κ1) is 39.9.